The maximum atomic E-state index is 14.0. The molecular formula is C13H7F4NO2. The molecule has 0 fully saturated rings. The third-order valence-corrected chi connectivity index (χ3v) is 2.57. The van der Waals surface area contributed by atoms with Gasteiger partial charge in [-0.05, 0) is 6.07 Å². The second-order valence-corrected chi connectivity index (χ2v) is 3.90. The van der Waals surface area contributed by atoms with Gasteiger partial charge in [-0.1, -0.05) is 18.2 Å². The Balaban J connectivity index is 2.72. The molecule has 104 valence electrons. The molecule has 7 heteroatoms. The first-order valence-electron chi connectivity index (χ1n) is 5.42. The average Bonchev–Trinajstić information content (AvgIpc) is 2.38. The minimum atomic E-state index is -1.68. The van der Waals surface area contributed by atoms with Crippen molar-refractivity contribution in [3.63, 3.8) is 0 Å². The lowest BCUT2D eigenvalue weighted by atomic mass is 10.0. The van der Waals surface area contributed by atoms with Crippen LogP contribution in [-0.4, -0.2) is 16.1 Å². The molecule has 0 atom stereocenters. The van der Waals surface area contributed by atoms with Gasteiger partial charge in [0, 0.05) is 5.56 Å². The molecule has 1 N–H and O–H groups in total. The first-order chi connectivity index (χ1) is 9.41. The molecule has 1 aromatic heterocycles. The van der Waals surface area contributed by atoms with E-state index in [-0.39, 0.29) is 0 Å². The maximum Gasteiger partial charge on any atom is 0.309 e. The van der Waals surface area contributed by atoms with Crippen LogP contribution in [0.15, 0.2) is 24.3 Å². The van der Waals surface area contributed by atoms with Gasteiger partial charge in [-0.15, -0.1) is 0 Å². The number of pyridine rings is 1. The van der Waals surface area contributed by atoms with E-state index in [0.717, 1.165) is 12.1 Å². The number of halogens is 4. The average molecular weight is 285 g/mol. The molecule has 1 heterocycles. The Morgan fingerprint density at radius 3 is 2.35 bits per heavy atom. The Hall–Kier alpha value is -2.44. The molecule has 0 amide bonds. The molecule has 20 heavy (non-hydrogen) atoms. The van der Waals surface area contributed by atoms with Gasteiger partial charge < -0.3 is 5.11 Å². The summed E-state index contributed by atoms with van der Waals surface area (Å²) in [6.07, 6.45) is -0.940. The molecule has 0 saturated carbocycles. The van der Waals surface area contributed by atoms with Gasteiger partial charge in [-0.2, -0.15) is 4.39 Å². The number of hydrogen-bond acceptors (Lipinski definition) is 2. The van der Waals surface area contributed by atoms with E-state index in [1.165, 1.54) is 12.1 Å². The zero-order chi connectivity index (χ0) is 14.9. The molecule has 0 saturated heterocycles. The number of aromatic nitrogens is 1. The number of hydrogen-bond donors (Lipinski definition) is 1. The summed E-state index contributed by atoms with van der Waals surface area (Å²) in [6.45, 7) is 0. The van der Waals surface area contributed by atoms with E-state index in [4.69, 9.17) is 5.11 Å². The molecule has 2 aromatic rings. The van der Waals surface area contributed by atoms with Gasteiger partial charge in [0.05, 0.1) is 17.7 Å². The molecule has 0 spiro atoms. The highest BCUT2D eigenvalue weighted by molar-refractivity contribution is 5.72. The Labute approximate surface area is 110 Å². The van der Waals surface area contributed by atoms with Crippen molar-refractivity contribution in [3.8, 4) is 11.1 Å². The number of carbonyl (C=O) groups is 1. The highest BCUT2D eigenvalue weighted by Crippen LogP contribution is 2.30. The Bertz CT molecular complexity index is 688. The van der Waals surface area contributed by atoms with E-state index in [9.17, 15) is 22.4 Å². The van der Waals surface area contributed by atoms with Crippen molar-refractivity contribution in [1.82, 2.24) is 4.98 Å². The molecular weight excluding hydrogens is 278 g/mol. The standard InChI is InChI=1S/C13H7F4NO2/c14-7-4-2-1-3-6(7)10-11(15)8(5-9(19)20)18-13(17)12(10)16/h1-4H,5H2,(H,19,20). The van der Waals surface area contributed by atoms with Crippen LogP contribution < -0.4 is 0 Å². The summed E-state index contributed by atoms with van der Waals surface area (Å²) in [5.41, 5.74) is -2.27. The second kappa shape index (κ2) is 5.28. The van der Waals surface area contributed by atoms with E-state index >= 15 is 0 Å². The van der Waals surface area contributed by atoms with Crippen LogP contribution in [0.25, 0.3) is 11.1 Å². The summed E-state index contributed by atoms with van der Waals surface area (Å²) in [5.74, 6) is -7.17. The van der Waals surface area contributed by atoms with E-state index in [2.05, 4.69) is 4.98 Å². The van der Waals surface area contributed by atoms with Gasteiger partial charge in [0.25, 0.3) is 0 Å². The van der Waals surface area contributed by atoms with Gasteiger partial charge in [0.15, 0.2) is 11.6 Å². The predicted molar refractivity (Wildman–Crippen MR) is 60.8 cm³/mol. The van der Waals surface area contributed by atoms with Gasteiger partial charge in [0.2, 0.25) is 5.95 Å². The summed E-state index contributed by atoms with van der Waals surface area (Å²) in [7, 11) is 0. The first kappa shape index (κ1) is 14.0. The highest BCUT2D eigenvalue weighted by atomic mass is 19.2. The predicted octanol–water partition coefficient (Wildman–Crippen LogP) is 2.93. The molecule has 2 rings (SSSR count). The molecule has 0 aliphatic rings. The van der Waals surface area contributed by atoms with Crippen molar-refractivity contribution in [2.75, 3.05) is 0 Å². The number of benzene rings is 1. The topological polar surface area (TPSA) is 50.2 Å². The fraction of sp³-hybridized carbons (Fsp3) is 0.0769. The van der Waals surface area contributed by atoms with Gasteiger partial charge in [-0.3, -0.25) is 4.79 Å². The molecule has 0 aliphatic heterocycles. The molecule has 1 aromatic carbocycles. The second-order valence-electron chi connectivity index (χ2n) is 3.90. The van der Waals surface area contributed by atoms with Crippen LogP contribution in [0.2, 0.25) is 0 Å². The van der Waals surface area contributed by atoms with Crippen molar-refractivity contribution in [3.05, 3.63) is 53.4 Å². The number of aliphatic carboxylic acids is 1. The number of nitrogens with zero attached hydrogens (tertiary/aromatic N) is 1. The SMILES string of the molecule is O=C(O)Cc1nc(F)c(F)c(-c2ccccc2F)c1F. The van der Waals surface area contributed by atoms with Crippen LogP contribution in [-0.2, 0) is 11.2 Å². The van der Waals surface area contributed by atoms with Crippen molar-refractivity contribution in [2.24, 2.45) is 0 Å². The number of carboxylic acids is 1. The van der Waals surface area contributed by atoms with Crippen LogP contribution in [0, 0.1) is 23.4 Å². The Morgan fingerprint density at radius 1 is 1.10 bits per heavy atom. The third kappa shape index (κ3) is 2.47. The molecule has 0 aliphatic carbocycles. The van der Waals surface area contributed by atoms with E-state index in [1.807, 2.05) is 0 Å². The summed E-state index contributed by atoms with van der Waals surface area (Å²) in [4.78, 5) is 13.4. The van der Waals surface area contributed by atoms with E-state index in [0.29, 0.717) is 0 Å². The Morgan fingerprint density at radius 2 is 1.75 bits per heavy atom. The normalized spacial score (nSPS) is 10.6. The maximum absolute atomic E-state index is 14.0. The first-order valence-corrected chi connectivity index (χ1v) is 5.42. The Kier molecular flexibility index (Phi) is 3.69. The fourth-order valence-electron chi connectivity index (χ4n) is 1.72. The molecule has 3 nitrogen and oxygen atoms in total. The molecule has 0 bridgehead atoms. The van der Waals surface area contributed by atoms with Crippen LogP contribution in [0.5, 0.6) is 0 Å². The summed E-state index contributed by atoms with van der Waals surface area (Å²) < 4.78 is 54.6. The van der Waals surface area contributed by atoms with Crippen molar-refractivity contribution >= 4 is 5.97 Å². The van der Waals surface area contributed by atoms with Crippen LogP contribution >= 0.6 is 0 Å². The fourth-order valence-corrected chi connectivity index (χ4v) is 1.72. The van der Waals surface area contributed by atoms with Gasteiger partial charge in [0.1, 0.15) is 5.82 Å². The van der Waals surface area contributed by atoms with Gasteiger partial charge >= 0.3 is 5.97 Å². The molecule has 0 radical (unpaired) electrons. The monoisotopic (exact) mass is 285 g/mol. The number of rotatable bonds is 3. The summed E-state index contributed by atoms with van der Waals surface area (Å²) in [5, 5.41) is 8.57. The minimum absolute atomic E-state index is 0.504. The smallest absolute Gasteiger partial charge is 0.309 e. The quantitative estimate of drug-likeness (QED) is 0.696. The van der Waals surface area contributed by atoms with Crippen molar-refractivity contribution in [2.45, 2.75) is 6.42 Å². The van der Waals surface area contributed by atoms with Gasteiger partial charge in [-0.25, -0.2) is 18.2 Å². The van der Waals surface area contributed by atoms with Crippen LogP contribution in [0.4, 0.5) is 17.6 Å². The lowest BCUT2D eigenvalue weighted by Gasteiger charge is -2.09. The lowest BCUT2D eigenvalue weighted by molar-refractivity contribution is -0.136. The van der Waals surface area contributed by atoms with Crippen molar-refractivity contribution < 1.29 is 27.5 Å². The largest absolute Gasteiger partial charge is 0.481 e. The van der Waals surface area contributed by atoms with Crippen LogP contribution in [0.1, 0.15) is 5.69 Å². The van der Waals surface area contributed by atoms with E-state index in [1.54, 1.807) is 0 Å². The summed E-state index contributed by atoms with van der Waals surface area (Å²) in [6, 6.07) is 4.61. The van der Waals surface area contributed by atoms with Crippen LogP contribution in [0.3, 0.4) is 0 Å². The van der Waals surface area contributed by atoms with E-state index < -0.39 is 52.6 Å². The third-order valence-electron chi connectivity index (χ3n) is 2.57. The summed E-state index contributed by atoms with van der Waals surface area (Å²) >= 11 is 0. The van der Waals surface area contributed by atoms with Crippen molar-refractivity contribution in [1.29, 1.82) is 0 Å². The zero-order valence-corrected chi connectivity index (χ0v) is 9.83. The minimum Gasteiger partial charge on any atom is -0.481 e. The molecule has 0 unspecified atom stereocenters. The zero-order valence-electron chi connectivity index (χ0n) is 9.83. The highest BCUT2D eigenvalue weighted by Gasteiger charge is 2.24. The number of carboxylic acid groups (broad SMARTS) is 1. The lowest BCUT2D eigenvalue weighted by Crippen LogP contribution is -2.10.